The van der Waals surface area contributed by atoms with Gasteiger partial charge in [0.2, 0.25) is 0 Å². The molecule has 1 aromatic heterocycles. The first-order valence-corrected chi connectivity index (χ1v) is 16.9. The first-order chi connectivity index (χ1) is 21.9. The molecular formula is C36H28Br2N2O4S. The highest BCUT2D eigenvalue weighted by molar-refractivity contribution is 9.11. The lowest BCUT2D eigenvalue weighted by atomic mass is 9.83. The maximum atomic E-state index is 14.3. The van der Waals surface area contributed by atoms with Crippen LogP contribution >= 0.6 is 43.2 Å². The zero-order chi connectivity index (χ0) is 31.1. The molecule has 5 aromatic rings. The third-order valence-corrected chi connectivity index (χ3v) is 10.3. The minimum atomic E-state index is -0.321. The fourth-order valence-electron chi connectivity index (χ4n) is 6.03. The van der Waals surface area contributed by atoms with E-state index in [1.165, 1.54) is 16.9 Å². The zero-order valence-electron chi connectivity index (χ0n) is 24.6. The van der Waals surface area contributed by atoms with Crippen LogP contribution in [0.1, 0.15) is 40.3 Å². The van der Waals surface area contributed by atoms with Crippen LogP contribution in [-0.4, -0.2) is 18.8 Å². The first kappa shape index (κ1) is 29.8. The molecule has 1 aliphatic heterocycles. The van der Waals surface area contributed by atoms with Gasteiger partial charge < -0.3 is 14.2 Å². The highest BCUT2D eigenvalue weighted by Gasteiger charge is 2.33. The molecule has 0 saturated carbocycles. The van der Waals surface area contributed by atoms with Gasteiger partial charge in [-0.3, -0.25) is 9.36 Å². The van der Waals surface area contributed by atoms with Crippen molar-refractivity contribution >= 4 is 55.0 Å². The van der Waals surface area contributed by atoms with Gasteiger partial charge >= 0.3 is 0 Å². The number of aromatic nitrogens is 1. The normalized spacial score (nSPS) is 15.6. The lowest BCUT2D eigenvalue weighted by Gasteiger charge is -2.31. The van der Waals surface area contributed by atoms with E-state index >= 15 is 0 Å². The van der Waals surface area contributed by atoms with Crippen molar-refractivity contribution in [3.8, 4) is 17.2 Å². The standard InChI is InChI=1S/C36H28Br2N2O4S/c1-42-29-15-13-24(19-30(29)43-2)33-26-14-12-23-10-6-7-11-25(23)32(26)39-36-40(33)35(41)31(45-36)18-22-16-27(37)34(28(38)17-22)44-20-21-8-4-3-5-9-21/h3-11,13,15-19,33H,12,14,20H2,1-2H3/b31-18+/t33-/m0/s1. The summed E-state index contributed by atoms with van der Waals surface area (Å²) in [5, 5.41) is 0. The average molecular weight is 745 g/mol. The number of nitrogens with zero attached hydrogens (tertiary/aromatic N) is 2. The minimum Gasteiger partial charge on any atom is -0.493 e. The van der Waals surface area contributed by atoms with E-state index in [0.717, 1.165) is 55.3 Å². The van der Waals surface area contributed by atoms with E-state index in [4.69, 9.17) is 19.2 Å². The molecule has 6 nitrogen and oxygen atoms in total. The van der Waals surface area contributed by atoms with Gasteiger partial charge in [-0.1, -0.05) is 72.0 Å². The molecule has 2 heterocycles. The van der Waals surface area contributed by atoms with E-state index in [2.05, 4.69) is 50.1 Å². The van der Waals surface area contributed by atoms with E-state index in [0.29, 0.717) is 33.2 Å². The van der Waals surface area contributed by atoms with Crippen molar-refractivity contribution in [2.75, 3.05) is 14.2 Å². The van der Waals surface area contributed by atoms with E-state index in [9.17, 15) is 4.79 Å². The number of benzene rings is 4. The molecule has 2 aliphatic rings. The van der Waals surface area contributed by atoms with E-state index in [1.54, 1.807) is 14.2 Å². The third-order valence-electron chi connectivity index (χ3n) is 8.14. The minimum absolute atomic E-state index is 0.0828. The van der Waals surface area contributed by atoms with Gasteiger partial charge in [0, 0.05) is 5.56 Å². The van der Waals surface area contributed by atoms with Crippen LogP contribution in [0.15, 0.2) is 109 Å². The van der Waals surface area contributed by atoms with Gasteiger partial charge in [-0.15, -0.1) is 0 Å². The molecule has 7 rings (SSSR count). The monoisotopic (exact) mass is 742 g/mol. The topological polar surface area (TPSA) is 62.0 Å². The number of thiazole rings is 1. The number of methoxy groups -OCH3 is 2. The predicted octanol–water partition coefficient (Wildman–Crippen LogP) is 7.44. The van der Waals surface area contributed by atoms with Crippen LogP contribution in [-0.2, 0) is 13.0 Å². The van der Waals surface area contributed by atoms with E-state index < -0.39 is 0 Å². The number of ether oxygens (including phenoxy) is 3. The van der Waals surface area contributed by atoms with Crippen LogP contribution in [0.2, 0.25) is 0 Å². The van der Waals surface area contributed by atoms with Crippen LogP contribution in [0.25, 0.3) is 11.8 Å². The summed E-state index contributed by atoms with van der Waals surface area (Å²) in [6.07, 6.45) is 3.62. The molecule has 9 heteroatoms. The Balaban J connectivity index is 1.34. The van der Waals surface area contributed by atoms with Gasteiger partial charge in [0.05, 0.1) is 39.4 Å². The molecule has 1 aliphatic carbocycles. The fraction of sp³-hybridized carbons (Fsp3) is 0.167. The fourth-order valence-corrected chi connectivity index (χ4v) is 8.48. The molecule has 45 heavy (non-hydrogen) atoms. The quantitative estimate of drug-likeness (QED) is 0.174. The number of aryl methyl sites for hydroxylation is 1. The second-order valence-electron chi connectivity index (χ2n) is 10.8. The van der Waals surface area contributed by atoms with Gasteiger partial charge in [0.1, 0.15) is 12.4 Å². The maximum absolute atomic E-state index is 14.3. The van der Waals surface area contributed by atoms with Crippen LogP contribution in [0.4, 0.5) is 0 Å². The zero-order valence-corrected chi connectivity index (χ0v) is 28.5. The molecule has 0 saturated heterocycles. The van der Waals surface area contributed by atoms with Crippen LogP contribution in [0, 0.1) is 0 Å². The summed E-state index contributed by atoms with van der Waals surface area (Å²) in [6, 6.07) is 27.9. The third kappa shape index (κ3) is 5.58. The Kier molecular flexibility index (Phi) is 8.25. The molecule has 1 atom stereocenters. The van der Waals surface area contributed by atoms with Gasteiger partial charge in [-0.05, 0) is 103 Å². The van der Waals surface area contributed by atoms with Gasteiger partial charge in [-0.2, -0.15) is 0 Å². The Morgan fingerprint density at radius 1 is 0.911 bits per heavy atom. The molecule has 0 N–H and O–H groups in total. The van der Waals surface area contributed by atoms with Crippen LogP contribution in [0.5, 0.6) is 17.2 Å². The Morgan fingerprint density at radius 2 is 1.64 bits per heavy atom. The van der Waals surface area contributed by atoms with Crippen molar-refractivity contribution in [1.82, 2.24) is 4.57 Å². The van der Waals surface area contributed by atoms with Gasteiger partial charge in [0.25, 0.3) is 5.56 Å². The van der Waals surface area contributed by atoms with Crippen LogP contribution < -0.4 is 29.1 Å². The smallest absolute Gasteiger partial charge is 0.271 e. The lowest BCUT2D eigenvalue weighted by Crippen LogP contribution is -2.38. The summed E-state index contributed by atoms with van der Waals surface area (Å²) in [6.45, 7) is 0.444. The van der Waals surface area contributed by atoms with Gasteiger partial charge in [-0.25, -0.2) is 4.99 Å². The second kappa shape index (κ2) is 12.5. The Labute approximate surface area is 281 Å². The van der Waals surface area contributed by atoms with E-state index in [1.807, 2.05) is 77.4 Å². The summed E-state index contributed by atoms with van der Waals surface area (Å²) in [5.74, 6) is 1.97. The number of rotatable bonds is 7. The van der Waals surface area contributed by atoms with Crippen molar-refractivity contribution in [3.63, 3.8) is 0 Å². The lowest BCUT2D eigenvalue weighted by molar-refractivity contribution is 0.302. The first-order valence-electron chi connectivity index (χ1n) is 14.5. The Hall–Kier alpha value is -3.92. The number of allylic oxidation sites excluding steroid dienone is 1. The molecule has 0 radical (unpaired) electrons. The highest BCUT2D eigenvalue weighted by Crippen LogP contribution is 2.43. The van der Waals surface area contributed by atoms with Crippen molar-refractivity contribution in [1.29, 1.82) is 0 Å². The predicted molar refractivity (Wildman–Crippen MR) is 185 cm³/mol. The molecule has 226 valence electrons. The molecule has 0 bridgehead atoms. The largest absolute Gasteiger partial charge is 0.493 e. The summed E-state index contributed by atoms with van der Waals surface area (Å²) < 4.78 is 21.3. The van der Waals surface area contributed by atoms with E-state index in [-0.39, 0.29) is 11.6 Å². The summed E-state index contributed by atoms with van der Waals surface area (Å²) in [5.41, 5.74) is 7.29. The Morgan fingerprint density at radius 3 is 2.40 bits per heavy atom. The molecular weight excluding hydrogens is 716 g/mol. The molecule has 0 spiro atoms. The number of hydrogen-bond donors (Lipinski definition) is 0. The summed E-state index contributed by atoms with van der Waals surface area (Å²) >= 11 is 8.76. The van der Waals surface area contributed by atoms with Crippen molar-refractivity contribution in [2.24, 2.45) is 4.99 Å². The molecule has 4 aromatic carbocycles. The van der Waals surface area contributed by atoms with Crippen molar-refractivity contribution < 1.29 is 14.2 Å². The maximum Gasteiger partial charge on any atom is 0.271 e. The van der Waals surface area contributed by atoms with Crippen molar-refractivity contribution in [3.05, 3.63) is 147 Å². The Bertz CT molecular complexity index is 2130. The number of halogens is 2. The SMILES string of the molecule is COc1ccc([C@H]2C3=C(N=c4s/c(=C/c5cc(Br)c(OCc6ccccc6)c(Br)c5)c(=O)n42)c2ccccc2CC3)cc1OC. The average Bonchev–Trinajstić information content (AvgIpc) is 3.37. The molecule has 0 unspecified atom stereocenters. The van der Waals surface area contributed by atoms with Crippen LogP contribution in [0.3, 0.4) is 0 Å². The molecule has 0 fully saturated rings. The van der Waals surface area contributed by atoms with Crippen molar-refractivity contribution in [2.45, 2.75) is 25.5 Å². The highest BCUT2D eigenvalue weighted by atomic mass is 79.9. The summed E-state index contributed by atoms with van der Waals surface area (Å²) in [4.78, 5) is 20.1. The summed E-state index contributed by atoms with van der Waals surface area (Å²) in [7, 11) is 3.25. The second-order valence-corrected chi connectivity index (χ2v) is 13.5. The molecule has 0 amide bonds. The number of hydrogen-bond acceptors (Lipinski definition) is 6. The number of fused-ring (bicyclic) bond motifs is 3. The van der Waals surface area contributed by atoms with Gasteiger partial charge in [0.15, 0.2) is 16.3 Å².